The Labute approximate surface area is 153 Å². The zero-order chi connectivity index (χ0) is 18.5. The van der Waals surface area contributed by atoms with Gasteiger partial charge in [0.25, 0.3) is 0 Å². The highest BCUT2D eigenvalue weighted by molar-refractivity contribution is 5.84. The lowest BCUT2D eigenvalue weighted by atomic mass is 9.95. The molecule has 3 N–H and O–H groups in total. The standard InChI is InChI=1S/C20H24N4O2/c1-13-5-8-17(14(2)10-13)19(15-4-3-9-21-11-15)24-20(26)22-12-18(25)23-16-6-7-16/h3-5,8-11,16,19H,6-7,12H2,1-2H3,(H,23,25)(H2,22,24,26)/t19-/m0/s1. The highest BCUT2D eigenvalue weighted by Gasteiger charge is 2.24. The van der Waals surface area contributed by atoms with E-state index in [-0.39, 0.29) is 30.6 Å². The van der Waals surface area contributed by atoms with Crippen LogP contribution in [0.15, 0.2) is 42.7 Å². The number of amides is 3. The summed E-state index contributed by atoms with van der Waals surface area (Å²) < 4.78 is 0. The Morgan fingerprint density at radius 3 is 2.69 bits per heavy atom. The first kappa shape index (κ1) is 17.9. The smallest absolute Gasteiger partial charge is 0.315 e. The van der Waals surface area contributed by atoms with Gasteiger partial charge in [-0.05, 0) is 49.4 Å². The molecular weight excluding hydrogens is 328 g/mol. The van der Waals surface area contributed by atoms with Gasteiger partial charge in [0.1, 0.15) is 0 Å². The minimum Gasteiger partial charge on any atom is -0.352 e. The summed E-state index contributed by atoms with van der Waals surface area (Å²) in [4.78, 5) is 28.3. The number of nitrogens with one attached hydrogen (secondary N) is 3. The second kappa shape index (κ2) is 7.99. The van der Waals surface area contributed by atoms with Crippen molar-refractivity contribution in [2.24, 2.45) is 0 Å². The Morgan fingerprint density at radius 2 is 2.04 bits per heavy atom. The third-order valence-electron chi connectivity index (χ3n) is 4.38. The fourth-order valence-electron chi connectivity index (χ4n) is 2.89. The molecular formula is C20H24N4O2. The molecule has 0 unspecified atom stereocenters. The normalized spacial score (nSPS) is 14.4. The molecule has 6 nitrogen and oxygen atoms in total. The van der Waals surface area contributed by atoms with E-state index in [4.69, 9.17) is 0 Å². The Hall–Kier alpha value is -2.89. The van der Waals surface area contributed by atoms with Crippen LogP contribution in [0.2, 0.25) is 0 Å². The van der Waals surface area contributed by atoms with Gasteiger partial charge in [0.05, 0.1) is 12.6 Å². The van der Waals surface area contributed by atoms with Crippen molar-refractivity contribution in [3.63, 3.8) is 0 Å². The molecule has 2 aromatic rings. The zero-order valence-corrected chi connectivity index (χ0v) is 15.1. The Morgan fingerprint density at radius 1 is 1.23 bits per heavy atom. The molecule has 26 heavy (non-hydrogen) atoms. The first-order valence-corrected chi connectivity index (χ1v) is 8.84. The molecule has 1 fully saturated rings. The third-order valence-corrected chi connectivity index (χ3v) is 4.38. The number of hydrogen-bond donors (Lipinski definition) is 3. The lowest BCUT2D eigenvalue weighted by Gasteiger charge is -2.22. The lowest BCUT2D eigenvalue weighted by Crippen LogP contribution is -2.44. The van der Waals surface area contributed by atoms with Crippen LogP contribution in [0.25, 0.3) is 0 Å². The van der Waals surface area contributed by atoms with Crippen LogP contribution in [0, 0.1) is 13.8 Å². The van der Waals surface area contributed by atoms with E-state index < -0.39 is 0 Å². The lowest BCUT2D eigenvalue weighted by molar-refractivity contribution is -0.120. The van der Waals surface area contributed by atoms with Gasteiger partial charge in [0, 0.05) is 18.4 Å². The number of nitrogens with zero attached hydrogens (tertiary/aromatic N) is 1. The molecule has 1 atom stereocenters. The second-order valence-electron chi connectivity index (χ2n) is 6.75. The number of aromatic nitrogens is 1. The minimum atomic E-state index is -0.384. The maximum atomic E-state index is 12.4. The maximum Gasteiger partial charge on any atom is 0.315 e. The van der Waals surface area contributed by atoms with E-state index in [9.17, 15) is 9.59 Å². The van der Waals surface area contributed by atoms with Gasteiger partial charge in [0.15, 0.2) is 0 Å². The van der Waals surface area contributed by atoms with Crippen LogP contribution in [-0.4, -0.2) is 29.5 Å². The van der Waals surface area contributed by atoms with Crippen LogP contribution in [0.5, 0.6) is 0 Å². The summed E-state index contributed by atoms with van der Waals surface area (Å²) in [7, 11) is 0. The molecule has 136 valence electrons. The minimum absolute atomic E-state index is 0.0328. The predicted molar refractivity (Wildman–Crippen MR) is 99.7 cm³/mol. The van der Waals surface area contributed by atoms with Crippen LogP contribution < -0.4 is 16.0 Å². The number of benzene rings is 1. The van der Waals surface area contributed by atoms with E-state index in [2.05, 4.69) is 27.0 Å². The van der Waals surface area contributed by atoms with Crippen molar-refractivity contribution < 1.29 is 9.59 Å². The monoisotopic (exact) mass is 352 g/mol. The number of rotatable bonds is 6. The molecule has 1 aliphatic rings. The van der Waals surface area contributed by atoms with Gasteiger partial charge in [-0.3, -0.25) is 9.78 Å². The number of aryl methyl sites for hydroxylation is 2. The van der Waals surface area contributed by atoms with E-state index in [1.807, 2.05) is 38.1 Å². The van der Waals surface area contributed by atoms with Crippen molar-refractivity contribution in [3.8, 4) is 0 Å². The van der Waals surface area contributed by atoms with Crippen LogP contribution in [-0.2, 0) is 4.79 Å². The van der Waals surface area contributed by atoms with Crippen molar-refractivity contribution in [2.45, 2.75) is 38.8 Å². The van der Waals surface area contributed by atoms with Crippen molar-refractivity contribution in [1.29, 1.82) is 0 Å². The highest BCUT2D eigenvalue weighted by Crippen LogP contribution is 2.25. The fourth-order valence-corrected chi connectivity index (χ4v) is 2.89. The van der Waals surface area contributed by atoms with Gasteiger partial charge >= 0.3 is 6.03 Å². The molecule has 6 heteroatoms. The highest BCUT2D eigenvalue weighted by atomic mass is 16.2. The molecule has 1 aromatic heterocycles. The van der Waals surface area contributed by atoms with E-state index in [1.54, 1.807) is 12.4 Å². The number of hydrogen-bond acceptors (Lipinski definition) is 3. The van der Waals surface area contributed by atoms with Crippen molar-refractivity contribution in [3.05, 3.63) is 65.0 Å². The Balaban J connectivity index is 1.71. The summed E-state index contributed by atoms with van der Waals surface area (Å²) >= 11 is 0. The molecule has 1 saturated carbocycles. The van der Waals surface area contributed by atoms with E-state index in [0.29, 0.717) is 0 Å². The summed E-state index contributed by atoms with van der Waals surface area (Å²) in [6.45, 7) is 4.03. The van der Waals surface area contributed by atoms with Gasteiger partial charge in [-0.25, -0.2) is 4.79 Å². The Kier molecular flexibility index (Phi) is 5.51. The largest absolute Gasteiger partial charge is 0.352 e. The summed E-state index contributed by atoms with van der Waals surface area (Å²) in [5, 5.41) is 8.45. The quantitative estimate of drug-likeness (QED) is 0.746. The van der Waals surface area contributed by atoms with E-state index >= 15 is 0 Å². The molecule has 0 saturated heterocycles. The first-order chi connectivity index (χ1) is 12.5. The number of carbonyl (C=O) groups excluding carboxylic acids is 2. The maximum absolute atomic E-state index is 12.4. The first-order valence-electron chi connectivity index (χ1n) is 8.84. The van der Waals surface area contributed by atoms with Crippen molar-refractivity contribution >= 4 is 11.9 Å². The van der Waals surface area contributed by atoms with Crippen LogP contribution in [0.4, 0.5) is 4.79 Å². The van der Waals surface area contributed by atoms with Gasteiger partial charge in [-0.1, -0.05) is 29.8 Å². The zero-order valence-electron chi connectivity index (χ0n) is 15.1. The van der Waals surface area contributed by atoms with Gasteiger partial charge in [-0.2, -0.15) is 0 Å². The van der Waals surface area contributed by atoms with Gasteiger partial charge in [-0.15, -0.1) is 0 Å². The Bertz CT molecular complexity index is 788. The molecule has 3 rings (SSSR count). The molecule has 0 spiro atoms. The SMILES string of the molecule is Cc1ccc([C@@H](NC(=O)NCC(=O)NC2CC2)c2cccnc2)c(C)c1. The molecule has 1 aliphatic carbocycles. The van der Waals surface area contributed by atoms with Crippen molar-refractivity contribution in [1.82, 2.24) is 20.9 Å². The summed E-state index contributed by atoms with van der Waals surface area (Å²) in [6, 6.07) is 9.45. The summed E-state index contributed by atoms with van der Waals surface area (Å²) in [5.41, 5.74) is 4.14. The molecule has 3 amide bonds. The molecule has 0 bridgehead atoms. The fraction of sp³-hybridized carbons (Fsp3) is 0.350. The average Bonchev–Trinajstić information content (AvgIpc) is 3.43. The topological polar surface area (TPSA) is 83.1 Å². The van der Waals surface area contributed by atoms with E-state index in [1.165, 1.54) is 0 Å². The second-order valence-corrected chi connectivity index (χ2v) is 6.75. The molecule has 1 aromatic carbocycles. The van der Waals surface area contributed by atoms with Crippen LogP contribution >= 0.6 is 0 Å². The van der Waals surface area contributed by atoms with Gasteiger partial charge in [0.2, 0.25) is 5.91 Å². The third kappa shape index (κ3) is 4.81. The molecule has 0 radical (unpaired) electrons. The molecule has 1 heterocycles. The predicted octanol–water partition coefficient (Wildman–Crippen LogP) is 2.37. The average molecular weight is 352 g/mol. The van der Waals surface area contributed by atoms with E-state index in [0.717, 1.165) is 35.1 Å². The van der Waals surface area contributed by atoms with Crippen molar-refractivity contribution in [2.75, 3.05) is 6.54 Å². The number of urea groups is 1. The summed E-state index contributed by atoms with van der Waals surface area (Å²) in [6.07, 6.45) is 5.48. The van der Waals surface area contributed by atoms with Gasteiger partial charge < -0.3 is 16.0 Å². The number of carbonyl (C=O) groups is 2. The van der Waals surface area contributed by atoms with Crippen LogP contribution in [0.3, 0.4) is 0 Å². The summed E-state index contributed by atoms with van der Waals surface area (Å²) in [5.74, 6) is -0.160. The van der Waals surface area contributed by atoms with Crippen LogP contribution in [0.1, 0.15) is 41.1 Å². The molecule has 0 aliphatic heterocycles. The number of pyridine rings is 1.